The molecule has 1 aliphatic rings. The zero-order chi connectivity index (χ0) is 11.8. The van der Waals surface area contributed by atoms with E-state index < -0.39 is 0 Å². The predicted molar refractivity (Wildman–Crippen MR) is 61.6 cm³/mol. The third-order valence-electron chi connectivity index (χ3n) is 3.15. The van der Waals surface area contributed by atoms with E-state index in [1.54, 1.807) is 6.07 Å². The lowest BCUT2D eigenvalue weighted by atomic mass is 9.90. The molecule has 0 atom stereocenters. The molecule has 0 unspecified atom stereocenters. The van der Waals surface area contributed by atoms with Crippen LogP contribution in [-0.2, 0) is 9.31 Å². The van der Waals surface area contributed by atoms with Gasteiger partial charge in [-0.1, -0.05) is 11.1 Å². The molecule has 0 bridgehead atoms. The van der Waals surface area contributed by atoms with Gasteiger partial charge in [0.1, 0.15) is 12.0 Å². The molecule has 1 aliphatic heterocycles. The summed E-state index contributed by atoms with van der Waals surface area (Å²) in [6.45, 7) is 8.10. The van der Waals surface area contributed by atoms with Crippen molar-refractivity contribution in [3.8, 4) is 0 Å². The van der Waals surface area contributed by atoms with Crippen molar-refractivity contribution < 1.29 is 13.8 Å². The lowest BCUT2D eigenvalue weighted by molar-refractivity contribution is 0.00578. The van der Waals surface area contributed by atoms with E-state index >= 15 is 0 Å². The first-order valence-electron chi connectivity index (χ1n) is 5.35. The van der Waals surface area contributed by atoms with Crippen molar-refractivity contribution in [1.29, 1.82) is 0 Å². The second-order valence-electron chi connectivity index (χ2n) is 4.91. The molecule has 0 aromatic carbocycles. The Labute approximate surface area is 95.7 Å². The second-order valence-corrected chi connectivity index (χ2v) is 4.91. The fourth-order valence-electron chi connectivity index (χ4n) is 1.45. The van der Waals surface area contributed by atoms with Gasteiger partial charge in [0.15, 0.2) is 0 Å². The molecule has 0 aliphatic carbocycles. The van der Waals surface area contributed by atoms with Gasteiger partial charge in [0, 0.05) is 6.07 Å². The molecule has 1 aromatic heterocycles. The van der Waals surface area contributed by atoms with Gasteiger partial charge in [0.25, 0.3) is 0 Å². The van der Waals surface area contributed by atoms with Gasteiger partial charge in [-0.15, -0.1) is 0 Å². The molecule has 0 radical (unpaired) electrons. The Bertz CT molecular complexity index is 368. The largest absolute Gasteiger partial charge is 0.487 e. The van der Waals surface area contributed by atoms with E-state index in [1.165, 1.54) is 6.26 Å². The van der Waals surface area contributed by atoms with Gasteiger partial charge in [-0.05, 0) is 33.8 Å². The minimum Gasteiger partial charge on any atom is -0.400 e. The average molecular weight is 221 g/mol. The standard InChI is InChI=1S/C11H16BNO3/c1-10(2)11(3,4)16-12(15-10)7-5-9-6-8-14-13-9/h5-8H,1-4H3/b7-5+. The maximum absolute atomic E-state index is 5.79. The predicted octanol–water partition coefficient (Wildman–Crippen LogP) is 2.32. The van der Waals surface area contributed by atoms with Crippen LogP contribution in [0.15, 0.2) is 22.8 Å². The minimum absolute atomic E-state index is 0.300. The second kappa shape index (κ2) is 3.75. The van der Waals surface area contributed by atoms with Gasteiger partial charge in [-0.2, -0.15) is 0 Å². The highest BCUT2D eigenvalue weighted by molar-refractivity contribution is 6.52. The van der Waals surface area contributed by atoms with Crippen LogP contribution in [-0.4, -0.2) is 23.5 Å². The molecule has 0 saturated carbocycles. The van der Waals surface area contributed by atoms with Crippen molar-refractivity contribution in [2.75, 3.05) is 0 Å². The van der Waals surface area contributed by atoms with Crippen LogP contribution in [0, 0.1) is 0 Å². The van der Waals surface area contributed by atoms with Crippen LogP contribution in [0.2, 0.25) is 0 Å². The molecule has 16 heavy (non-hydrogen) atoms. The molecular weight excluding hydrogens is 205 g/mol. The Balaban J connectivity index is 2.05. The van der Waals surface area contributed by atoms with Gasteiger partial charge in [-0.3, -0.25) is 0 Å². The summed E-state index contributed by atoms with van der Waals surface area (Å²) in [5.41, 5.74) is 0.159. The molecule has 2 heterocycles. The summed E-state index contributed by atoms with van der Waals surface area (Å²) < 4.78 is 16.3. The zero-order valence-corrected chi connectivity index (χ0v) is 10.1. The van der Waals surface area contributed by atoms with Gasteiger partial charge in [-0.25, -0.2) is 0 Å². The van der Waals surface area contributed by atoms with Gasteiger partial charge >= 0.3 is 7.12 Å². The Morgan fingerprint density at radius 1 is 1.19 bits per heavy atom. The van der Waals surface area contributed by atoms with Crippen LogP contribution in [0.25, 0.3) is 6.08 Å². The Kier molecular flexibility index (Phi) is 2.68. The monoisotopic (exact) mass is 221 g/mol. The SMILES string of the molecule is CC1(C)OB(/C=C/c2ccon2)OC1(C)C. The number of nitrogens with zero attached hydrogens (tertiary/aromatic N) is 1. The van der Waals surface area contributed by atoms with Crippen LogP contribution in [0.3, 0.4) is 0 Å². The van der Waals surface area contributed by atoms with E-state index in [-0.39, 0.29) is 18.3 Å². The van der Waals surface area contributed by atoms with Crippen molar-refractivity contribution in [3.63, 3.8) is 0 Å². The van der Waals surface area contributed by atoms with Crippen molar-refractivity contribution in [2.24, 2.45) is 0 Å². The Morgan fingerprint density at radius 2 is 1.81 bits per heavy atom. The van der Waals surface area contributed by atoms with E-state index in [2.05, 4.69) is 5.16 Å². The quantitative estimate of drug-likeness (QED) is 0.719. The average Bonchev–Trinajstić information content (AvgIpc) is 2.70. The van der Waals surface area contributed by atoms with Crippen molar-refractivity contribution in [1.82, 2.24) is 5.16 Å². The zero-order valence-electron chi connectivity index (χ0n) is 10.1. The third-order valence-corrected chi connectivity index (χ3v) is 3.15. The normalized spacial score (nSPS) is 23.1. The summed E-state index contributed by atoms with van der Waals surface area (Å²) in [5, 5.41) is 3.78. The summed E-state index contributed by atoms with van der Waals surface area (Å²) in [4.78, 5) is 0. The first-order chi connectivity index (χ1) is 7.41. The van der Waals surface area contributed by atoms with Gasteiger partial charge < -0.3 is 13.8 Å². The van der Waals surface area contributed by atoms with Gasteiger partial charge in [0.05, 0.1) is 11.2 Å². The number of rotatable bonds is 2. The fourth-order valence-corrected chi connectivity index (χ4v) is 1.45. The van der Waals surface area contributed by atoms with Crippen molar-refractivity contribution in [3.05, 3.63) is 24.0 Å². The number of hydrogen-bond acceptors (Lipinski definition) is 4. The van der Waals surface area contributed by atoms with E-state index in [4.69, 9.17) is 13.8 Å². The van der Waals surface area contributed by atoms with Crippen molar-refractivity contribution >= 4 is 13.2 Å². The maximum Gasteiger partial charge on any atom is 0.487 e. The summed E-state index contributed by atoms with van der Waals surface area (Å²) in [5.74, 6) is 1.84. The molecule has 0 amide bonds. The lowest BCUT2D eigenvalue weighted by Crippen LogP contribution is -2.41. The molecule has 86 valence electrons. The van der Waals surface area contributed by atoms with Crippen LogP contribution < -0.4 is 0 Å². The number of aromatic nitrogens is 1. The van der Waals surface area contributed by atoms with E-state index in [0.717, 1.165) is 5.69 Å². The first kappa shape index (κ1) is 11.4. The lowest BCUT2D eigenvalue weighted by Gasteiger charge is -2.32. The fraction of sp³-hybridized carbons (Fsp3) is 0.545. The third kappa shape index (κ3) is 2.06. The highest BCUT2D eigenvalue weighted by Gasteiger charge is 2.49. The van der Waals surface area contributed by atoms with Gasteiger partial charge in [0.2, 0.25) is 0 Å². The maximum atomic E-state index is 5.79. The molecule has 1 fully saturated rings. The molecule has 0 N–H and O–H groups in total. The molecular formula is C11H16BNO3. The molecule has 1 saturated heterocycles. The summed E-state index contributed by atoms with van der Waals surface area (Å²) in [6.07, 6.45) is 3.36. The smallest absolute Gasteiger partial charge is 0.400 e. The molecule has 4 nitrogen and oxygen atoms in total. The highest BCUT2D eigenvalue weighted by atomic mass is 16.7. The van der Waals surface area contributed by atoms with E-state index in [0.29, 0.717) is 0 Å². The Hall–Kier alpha value is -1.07. The molecule has 0 spiro atoms. The van der Waals surface area contributed by atoms with E-state index in [1.807, 2.05) is 39.7 Å². The molecule has 2 rings (SSSR count). The van der Waals surface area contributed by atoms with E-state index in [9.17, 15) is 0 Å². The summed E-state index contributed by atoms with van der Waals surface area (Å²) in [7, 11) is -0.332. The molecule has 1 aromatic rings. The van der Waals surface area contributed by atoms with Crippen LogP contribution in [0.1, 0.15) is 33.4 Å². The Morgan fingerprint density at radius 3 is 2.31 bits per heavy atom. The molecule has 5 heteroatoms. The van der Waals surface area contributed by atoms with Crippen LogP contribution in [0.5, 0.6) is 0 Å². The summed E-state index contributed by atoms with van der Waals surface area (Å²) in [6, 6.07) is 1.78. The number of hydrogen-bond donors (Lipinski definition) is 0. The van der Waals surface area contributed by atoms with Crippen LogP contribution >= 0.6 is 0 Å². The topological polar surface area (TPSA) is 44.5 Å². The first-order valence-corrected chi connectivity index (χ1v) is 5.35. The minimum atomic E-state index is -0.332. The summed E-state index contributed by atoms with van der Waals surface area (Å²) >= 11 is 0. The highest BCUT2D eigenvalue weighted by Crippen LogP contribution is 2.36. The van der Waals surface area contributed by atoms with Crippen LogP contribution in [0.4, 0.5) is 0 Å². The van der Waals surface area contributed by atoms with Crippen molar-refractivity contribution in [2.45, 2.75) is 38.9 Å².